The van der Waals surface area contributed by atoms with Crippen LogP contribution in [0.5, 0.6) is 11.6 Å². The van der Waals surface area contributed by atoms with Crippen molar-refractivity contribution < 1.29 is 14.9 Å². The van der Waals surface area contributed by atoms with Gasteiger partial charge < -0.3 is 19.5 Å². The molecule has 0 atom stereocenters. The number of hydrogen-bond acceptors (Lipinski definition) is 5. The van der Waals surface area contributed by atoms with E-state index in [0.29, 0.717) is 12.0 Å². The highest BCUT2D eigenvalue weighted by Gasteiger charge is 2.17. The molecule has 0 amide bonds. The zero-order valence-corrected chi connectivity index (χ0v) is 16.5. The van der Waals surface area contributed by atoms with Crippen molar-refractivity contribution in [2.24, 2.45) is 0 Å². The quantitative estimate of drug-likeness (QED) is 0.570. The van der Waals surface area contributed by atoms with Gasteiger partial charge in [-0.05, 0) is 29.5 Å². The second-order valence-electron chi connectivity index (χ2n) is 6.35. The highest BCUT2D eigenvalue weighted by molar-refractivity contribution is 7.98. The Morgan fingerprint density at radius 3 is 2.39 bits per heavy atom. The SMILES string of the molecule is CSc1ccc(Cc2cn(CCO)c(O)c(OCc3ccccc3)c2=O)cc1. The average Bonchev–Trinajstić information content (AvgIpc) is 2.73. The minimum Gasteiger partial charge on any atom is -0.492 e. The maximum atomic E-state index is 12.9. The summed E-state index contributed by atoms with van der Waals surface area (Å²) < 4.78 is 7.14. The molecular formula is C22H23NO4S. The van der Waals surface area contributed by atoms with Crippen molar-refractivity contribution in [2.75, 3.05) is 12.9 Å². The first-order valence-corrected chi connectivity index (χ1v) is 10.2. The number of aromatic hydroxyl groups is 1. The summed E-state index contributed by atoms with van der Waals surface area (Å²) in [6.07, 6.45) is 4.02. The molecular weight excluding hydrogens is 374 g/mol. The Bertz CT molecular complexity index is 968. The van der Waals surface area contributed by atoms with Gasteiger partial charge in [0.15, 0.2) is 0 Å². The van der Waals surface area contributed by atoms with E-state index in [1.807, 2.05) is 60.9 Å². The molecule has 1 heterocycles. The molecule has 1 aromatic heterocycles. The summed E-state index contributed by atoms with van der Waals surface area (Å²) in [4.78, 5) is 14.1. The number of aromatic nitrogens is 1. The topological polar surface area (TPSA) is 71.7 Å². The molecule has 3 aromatic rings. The number of benzene rings is 2. The lowest BCUT2D eigenvalue weighted by Crippen LogP contribution is -2.18. The van der Waals surface area contributed by atoms with Crippen LogP contribution in [0.25, 0.3) is 0 Å². The third kappa shape index (κ3) is 4.77. The van der Waals surface area contributed by atoms with E-state index in [1.165, 1.54) is 4.57 Å². The van der Waals surface area contributed by atoms with E-state index in [0.717, 1.165) is 16.0 Å². The van der Waals surface area contributed by atoms with E-state index in [9.17, 15) is 15.0 Å². The van der Waals surface area contributed by atoms with Gasteiger partial charge in [0.05, 0.1) is 6.61 Å². The minimum atomic E-state index is -0.337. The van der Waals surface area contributed by atoms with Crippen molar-refractivity contribution in [3.63, 3.8) is 0 Å². The fraction of sp³-hybridized carbons (Fsp3) is 0.227. The van der Waals surface area contributed by atoms with Gasteiger partial charge in [-0.25, -0.2) is 0 Å². The first-order valence-electron chi connectivity index (χ1n) is 8.98. The second-order valence-corrected chi connectivity index (χ2v) is 7.23. The highest BCUT2D eigenvalue weighted by atomic mass is 32.2. The van der Waals surface area contributed by atoms with Gasteiger partial charge in [-0.1, -0.05) is 42.5 Å². The third-order valence-electron chi connectivity index (χ3n) is 4.41. The van der Waals surface area contributed by atoms with E-state index in [4.69, 9.17) is 4.74 Å². The molecule has 0 saturated heterocycles. The molecule has 0 aliphatic carbocycles. The highest BCUT2D eigenvalue weighted by Crippen LogP contribution is 2.25. The van der Waals surface area contributed by atoms with Gasteiger partial charge in [-0.3, -0.25) is 4.79 Å². The average molecular weight is 397 g/mol. The molecule has 0 saturated carbocycles. The minimum absolute atomic E-state index is 0.0875. The van der Waals surface area contributed by atoms with E-state index in [1.54, 1.807) is 18.0 Å². The van der Waals surface area contributed by atoms with Crippen molar-refractivity contribution in [3.8, 4) is 11.6 Å². The predicted octanol–water partition coefficient (Wildman–Crippen LogP) is 3.44. The fourth-order valence-corrected chi connectivity index (χ4v) is 3.32. The maximum absolute atomic E-state index is 12.9. The number of pyridine rings is 1. The van der Waals surface area contributed by atoms with E-state index in [2.05, 4.69) is 0 Å². The molecule has 0 bridgehead atoms. The molecule has 0 aliphatic rings. The zero-order chi connectivity index (χ0) is 19.9. The lowest BCUT2D eigenvalue weighted by Gasteiger charge is -2.15. The largest absolute Gasteiger partial charge is 0.492 e. The van der Waals surface area contributed by atoms with Crippen molar-refractivity contribution >= 4 is 11.8 Å². The predicted molar refractivity (Wildman–Crippen MR) is 111 cm³/mol. The number of ether oxygens (including phenoxy) is 1. The lowest BCUT2D eigenvalue weighted by molar-refractivity contribution is 0.249. The van der Waals surface area contributed by atoms with Crippen molar-refractivity contribution in [1.82, 2.24) is 4.57 Å². The van der Waals surface area contributed by atoms with Gasteiger partial charge in [0.1, 0.15) is 6.61 Å². The second kappa shape index (κ2) is 9.48. The standard InChI is InChI=1S/C22H23NO4S/c1-28-19-9-7-16(8-10-19)13-18-14-23(11-12-24)22(26)21(20(18)25)27-15-17-5-3-2-4-6-17/h2-10,14,24,26H,11-13,15H2,1H3. The van der Waals surface area contributed by atoms with Crippen LogP contribution >= 0.6 is 11.8 Å². The summed E-state index contributed by atoms with van der Waals surface area (Å²) in [6.45, 7) is 0.192. The van der Waals surface area contributed by atoms with Gasteiger partial charge in [0.2, 0.25) is 17.1 Å². The number of thioether (sulfide) groups is 1. The molecule has 3 rings (SSSR count). The Morgan fingerprint density at radius 1 is 1.04 bits per heavy atom. The summed E-state index contributed by atoms with van der Waals surface area (Å²) in [5.74, 6) is -0.355. The lowest BCUT2D eigenvalue weighted by atomic mass is 10.1. The molecule has 0 aliphatic heterocycles. The first kappa shape index (κ1) is 20.0. The van der Waals surface area contributed by atoms with E-state index >= 15 is 0 Å². The van der Waals surface area contributed by atoms with Gasteiger partial charge >= 0.3 is 0 Å². The Morgan fingerprint density at radius 2 is 1.75 bits per heavy atom. The van der Waals surface area contributed by atoms with Crippen molar-refractivity contribution in [3.05, 3.63) is 87.7 Å². The normalized spacial score (nSPS) is 10.8. The molecule has 28 heavy (non-hydrogen) atoms. The van der Waals surface area contributed by atoms with Crippen LogP contribution in [0.3, 0.4) is 0 Å². The van der Waals surface area contributed by atoms with Gasteiger partial charge in [0, 0.05) is 29.6 Å². The molecule has 0 fully saturated rings. The molecule has 0 unspecified atom stereocenters. The van der Waals surface area contributed by atoms with Crippen LogP contribution in [0.2, 0.25) is 0 Å². The number of rotatable bonds is 8. The molecule has 0 radical (unpaired) electrons. The Kier molecular flexibility index (Phi) is 6.79. The van der Waals surface area contributed by atoms with Crippen LogP contribution in [-0.2, 0) is 19.6 Å². The van der Waals surface area contributed by atoms with E-state index < -0.39 is 0 Å². The number of hydrogen-bond donors (Lipinski definition) is 2. The first-order chi connectivity index (χ1) is 13.6. The monoisotopic (exact) mass is 397 g/mol. The molecule has 6 heteroatoms. The van der Waals surface area contributed by atoms with Crippen molar-refractivity contribution in [2.45, 2.75) is 24.5 Å². The summed E-state index contributed by atoms with van der Waals surface area (Å²) in [6, 6.07) is 17.4. The molecule has 2 aromatic carbocycles. The van der Waals surface area contributed by atoms with Crippen LogP contribution in [0.1, 0.15) is 16.7 Å². The van der Waals surface area contributed by atoms with E-state index in [-0.39, 0.29) is 36.8 Å². The Labute approximate surface area is 168 Å². The molecule has 146 valence electrons. The summed E-state index contributed by atoms with van der Waals surface area (Å²) in [5.41, 5.74) is 2.06. The van der Waals surface area contributed by atoms with Crippen LogP contribution in [-0.4, -0.2) is 27.6 Å². The van der Waals surface area contributed by atoms with Crippen LogP contribution < -0.4 is 10.2 Å². The third-order valence-corrected chi connectivity index (χ3v) is 5.15. The Balaban J connectivity index is 1.92. The fourth-order valence-electron chi connectivity index (χ4n) is 2.91. The molecule has 5 nitrogen and oxygen atoms in total. The summed E-state index contributed by atoms with van der Waals surface area (Å²) in [7, 11) is 0. The van der Waals surface area contributed by atoms with Crippen LogP contribution in [0, 0.1) is 0 Å². The molecule has 0 spiro atoms. The van der Waals surface area contributed by atoms with Gasteiger partial charge in [0.25, 0.3) is 0 Å². The van der Waals surface area contributed by atoms with Gasteiger partial charge in [-0.2, -0.15) is 0 Å². The van der Waals surface area contributed by atoms with Crippen LogP contribution in [0.4, 0.5) is 0 Å². The van der Waals surface area contributed by atoms with Crippen LogP contribution in [0.15, 0.2) is 70.5 Å². The number of aliphatic hydroxyl groups is 1. The summed E-state index contributed by atoms with van der Waals surface area (Å²) >= 11 is 1.66. The smallest absolute Gasteiger partial charge is 0.239 e. The zero-order valence-electron chi connectivity index (χ0n) is 15.7. The summed E-state index contributed by atoms with van der Waals surface area (Å²) in [5, 5.41) is 19.8. The number of aliphatic hydroxyl groups excluding tert-OH is 1. The Hall–Kier alpha value is -2.70. The maximum Gasteiger partial charge on any atom is 0.239 e. The molecule has 2 N–H and O–H groups in total. The van der Waals surface area contributed by atoms with Crippen molar-refractivity contribution in [1.29, 1.82) is 0 Å². The number of nitrogens with zero attached hydrogens (tertiary/aromatic N) is 1. The van der Waals surface area contributed by atoms with Gasteiger partial charge in [-0.15, -0.1) is 11.8 Å².